The minimum absolute atomic E-state index is 0.500. The van der Waals surface area contributed by atoms with Gasteiger partial charge in [-0.25, -0.2) is 9.97 Å². The number of ether oxygens (including phenoxy) is 1. The van der Waals surface area contributed by atoms with Gasteiger partial charge in [0.25, 0.3) is 0 Å². The van der Waals surface area contributed by atoms with Crippen LogP contribution in [0.5, 0.6) is 5.75 Å². The van der Waals surface area contributed by atoms with Crippen molar-refractivity contribution in [3.8, 4) is 5.75 Å². The fourth-order valence-corrected chi connectivity index (χ4v) is 3.10. The molecule has 0 unspecified atom stereocenters. The number of pyridine rings is 2. The van der Waals surface area contributed by atoms with Crippen LogP contribution in [-0.4, -0.2) is 34.6 Å². The van der Waals surface area contributed by atoms with Crippen LogP contribution in [-0.2, 0) is 0 Å². The lowest BCUT2D eigenvalue weighted by molar-refractivity contribution is 0.220. The number of nitrogen functional groups attached to an aromatic ring is 1. The number of nitrogens with two attached hydrogens (primary N) is 1. The highest BCUT2D eigenvalue weighted by molar-refractivity contribution is 6.09. The number of nitrogens with one attached hydrogen (secondary N) is 2. The molecule has 3 aromatic rings. The van der Waals surface area contributed by atoms with Gasteiger partial charge in [0.1, 0.15) is 17.2 Å². The maximum absolute atomic E-state index is 6.10. The summed E-state index contributed by atoms with van der Waals surface area (Å²) in [5.74, 6) is 1.92. The van der Waals surface area contributed by atoms with Crippen molar-refractivity contribution in [1.29, 1.82) is 0 Å². The van der Waals surface area contributed by atoms with E-state index in [4.69, 9.17) is 10.5 Å². The maximum atomic E-state index is 6.10. The Balaban J connectivity index is 1.70. The summed E-state index contributed by atoms with van der Waals surface area (Å²) in [6.07, 6.45) is 5.94. The lowest BCUT2D eigenvalue weighted by atomic mass is 10.0. The van der Waals surface area contributed by atoms with E-state index in [1.54, 1.807) is 12.4 Å². The third-order valence-corrected chi connectivity index (χ3v) is 4.23. The van der Waals surface area contributed by atoms with Crippen molar-refractivity contribution < 1.29 is 4.74 Å². The Kier molecular flexibility index (Phi) is 3.31. The predicted molar refractivity (Wildman–Crippen MR) is 86.9 cm³/mol. The van der Waals surface area contributed by atoms with Crippen LogP contribution in [0.3, 0.4) is 0 Å². The van der Waals surface area contributed by atoms with Crippen LogP contribution >= 0.6 is 0 Å². The van der Waals surface area contributed by atoms with E-state index in [0.717, 1.165) is 47.4 Å². The molecule has 22 heavy (non-hydrogen) atoms. The van der Waals surface area contributed by atoms with Crippen LogP contribution in [0.25, 0.3) is 21.9 Å². The molecule has 0 radical (unpaired) electrons. The van der Waals surface area contributed by atoms with E-state index < -0.39 is 0 Å². The van der Waals surface area contributed by atoms with Crippen LogP contribution in [0.1, 0.15) is 12.8 Å². The fourth-order valence-electron chi connectivity index (χ4n) is 3.10. The molecule has 0 bridgehead atoms. The van der Waals surface area contributed by atoms with Crippen molar-refractivity contribution in [3.63, 3.8) is 0 Å². The number of hydrogen-bond acceptors (Lipinski definition) is 5. The van der Waals surface area contributed by atoms with Gasteiger partial charge in [-0.1, -0.05) is 0 Å². The third-order valence-electron chi connectivity index (χ3n) is 4.23. The Morgan fingerprint density at radius 3 is 3.18 bits per heavy atom. The second kappa shape index (κ2) is 5.46. The number of fused-ring (bicyclic) bond motifs is 3. The molecule has 0 aromatic carbocycles. The Morgan fingerprint density at radius 1 is 1.36 bits per heavy atom. The summed E-state index contributed by atoms with van der Waals surface area (Å²) < 4.78 is 6.10. The van der Waals surface area contributed by atoms with Gasteiger partial charge in [-0.3, -0.25) is 0 Å². The van der Waals surface area contributed by atoms with Crippen molar-refractivity contribution >= 4 is 27.8 Å². The first-order chi connectivity index (χ1) is 10.8. The molecule has 1 saturated heterocycles. The molecule has 0 saturated carbocycles. The number of nitrogens with zero attached hydrogens (tertiary/aromatic N) is 2. The molecule has 3 aromatic heterocycles. The Hall–Kier alpha value is -2.34. The molecule has 6 heteroatoms. The predicted octanol–water partition coefficient (Wildman–Crippen LogP) is 2.07. The first-order valence-corrected chi connectivity index (χ1v) is 7.66. The highest BCUT2D eigenvalue weighted by atomic mass is 16.5. The van der Waals surface area contributed by atoms with Gasteiger partial charge in [0.2, 0.25) is 0 Å². The molecule has 0 aliphatic carbocycles. The van der Waals surface area contributed by atoms with E-state index in [9.17, 15) is 0 Å². The molecule has 0 spiro atoms. The number of aromatic amines is 1. The highest BCUT2D eigenvalue weighted by Crippen LogP contribution is 2.32. The molecular formula is C16H19N5O. The van der Waals surface area contributed by atoms with Crippen LogP contribution in [0.15, 0.2) is 24.5 Å². The van der Waals surface area contributed by atoms with E-state index in [0.29, 0.717) is 11.7 Å². The average molecular weight is 297 g/mol. The first kappa shape index (κ1) is 13.3. The summed E-state index contributed by atoms with van der Waals surface area (Å²) in [6.45, 7) is 2.86. The number of aromatic nitrogens is 3. The first-order valence-electron chi connectivity index (χ1n) is 7.66. The van der Waals surface area contributed by atoms with E-state index >= 15 is 0 Å². The summed E-state index contributed by atoms with van der Waals surface area (Å²) >= 11 is 0. The highest BCUT2D eigenvalue weighted by Gasteiger charge is 2.16. The van der Waals surface area contributed by atoms with Crippen LogP contribution in [0.2, 0.25) is 0 Å². The quantitative estimate of drug-likeness (QED) is 0.688. The lowest BCUT2D eigenvalue weighted by Gasteiger charge is -2.22. The van der Waals surface area contributed by atoms with Crippen molar-refractivity contribution in [1.82, 2.24) is 20.3 Å². The van der Waals surface area contributed by atoms with Crippen molar-refractivity contribution in [2.75, 3.05) is 25.4 Å². The fraction of sp³-hybridized carbons (Fsp3) is 0.375. The second-order valence-electron chi connectivity index (χ2n) is 5.84. The van der Waals surface area contributed by atoms with Gasteiger partial charge < -0.3 is 20.8 Å². The minimum Gasteiger partial charge on any atom is -0.492 e. The minimum atomic E-state index is 0.500. The van der Waals surface area contributed by atoms with Gasteiger partial charge in [-0.05, 0) is 31.5 Å². The van der Waals surface area contributed by atoms with Gasteiger partial charge in [0.05, 0.1) is 23.7 Å². The largest absolute Gasteiger partial charge is 0.492 e. The molecule has 0 amide bonds. The second-order valence-corrected chi connectivity index (χ2v) is 5.84. The zero-order valence-corrected chi connectivity index (χ0v) is 12.3. The molecular weight excluding hydrogens is 278 g/mol. The molecule has 1 atom stereocenters. The summed E-state index contributed by atoms with van der Waals surface area (Å²) in [4.78, 5) is 11.8. The van der Waals surface area contributed by atoms with Crippen molar-refractivity contribution in [2.45, 2.75) is 12.8 Å². The molecule has 4 N–H and O–H groups in total. The smallest absolute Gasteiger partial charge is 0.142 e. The molecule has 1 aliphatic heterocycles. The molecule has 4 heterocycles. The van der Waals surface area contributed by atoms with Gasteiger partial charge in [0.15, 0.2) is 0 Å². The van der Waals surface area contributed by atoms with Gasteiger partial charge in [-0.2, -0.15) is 0 Å². The Morgan fingerprint density at radius 2 is 2.32 bits per heavy atom. The van der Waals surface area contributed by atoms with E-state index in [1.807, 2.05) is 12.1 Å². The zero-order valence-electron chi connectivity index (χ0n) is 12.3. The standard InChI is InChI=1S/C16H19N5O/c17-14-6-11-12(8-20-14)21-16-15(11)13(3-5-19-16)22-9-10-2-1-4-18-7-10/h3,5-6,8,10,18H,1-2,4,7,9H2,(H2,17,20)(H,19,21)/t10-/m0/s1. The third kappa shape index (κ3) is 2.35. The number of rotatable bonds is 3. The van der Waals surface area contributed by atoms with Crippen LogP contribution < -0.4 is 15.8 Å². The van der Waals surface area contributed by atoms with Crippen LogP contribution in [0, 0.1) is 5.92 Å². The summed E-state index contributed by atoms with van der Waals surface area (Å²) in [6, 6.07) is 3.79. The SMILES string of the molecule is Nc1cc2c(cn1)[nH]c1nccc(OC[C@H]3CCCNC3)c12. The zero-order chi connectivity index (χ0) is 14.9. The van der Waals surface area contributed by atoms with E-state index in [2.05, 4.69) is 20.3 Å². The summed E-state index contributed by atoms with van der Waals surface area (Å²) in [7, 11) is 0. The van der Waals surface area contributed by atoms with Crippen molar-refractivity contribution in [3.05, 3.63) is 24.5 Å². The average Bonchev–Trinajstić information content (AvgIpc) is 2.92. The van der Waals surface area contributed by atoms with Crippen molar-refractivity contribution in [2.24, 2.45) is 5.92 Å². The number of piperidine rings is 1. The lowest BCUT2D eigenvalue weighted by Crippen LogP contribution is -2.33. The van der Waals surface area contributed by atoms with Crippen LogP contribution in [0.4, 0.5) is 5.82 Å². The Bertz CT molecular complexity index is 807. The van der Waals surface area contributed by atoms with Gasteiger partial charge in [0, 0.05) is 24.0 Å². The molecule has 1 aliphatic rings. The topological polar surface area (TPSA) is 88.9 Å². The molecule has 1 fully saturated rings. The summed E-state index contributed by atoms with van der Waals surface area (Å²) in [5, 5.41) is 5.41. The Labute approximate surface area is 128 Å². The number of H-pyrrole nitrogens is 1. The number of hydrogen-bond donors (Lipinski definition) is 3. The molecule has 4 rings (SSSR count). The monoisotopic (exact) mass is 297 g/mol. The molecule has 6 nitrogen and oxygen atoms in total. The molecule has 114 valence electrons. The van der Waals surface area contributed by atoms with Gasteiger partial charge in [-0.15, -0.1) is 0 Å². The van der Waals surface area contributed by atoms with E-state index in [-0.39, 0.29) is 0 Å². The normalized spacial score (nSPS) is 18.8. The maximum Gasteiger partial charge on any atom is 0.142 e. The number of anilines is 1. The van der Waals surface area contributed by atoms with E-state index in [1.165, 1.54) is 12.8 Å². The summed E-state index contributed by atoms with van der Waals surface area (Å²) in [5.41, 5.74) is 7.55. The van der Waals surface area contributed by atoms with Gasteiger partial charge >= 0.3 is 0 Å².